The second kappa shape index (κ2) is 8.05. The normalized spacial score (nSPS) is 11.5. The second-order valence-electron chi connectivity index (χ2n) is 4.91. The van der Waals surface area contributed by atoms with Gasteiger partial charge >= 0.3 is 5.97 Å². The number of methoxy groups -OCH3 is 2. The van der Waals surface area contributed by atoms with E-state index in [1.807, 2.05) is 0 Å². The maximum Gasteiger partial charge on any atom is 0.339 e. The minimum Gasteiger partial charge on any atom is -0.493 e. The Morgan fingerprint density at radius 2 is 1.92 bits per heavy atom. The van der Waals surface area contributed by atoms with Crippen LogP contribution in [0.5, 0.6) is 11.5 Å². The largest absolute Gasteiger partial charge is 0.493 e. The molecule has 2 aromatic rings. The molecule has 0 saturated heterocycles. The van der Waals surface area contributed by atoms with Crippen molar-refractivity contribution >= 4 is 11.9 Å². The number of nitrogens with one attached hydrogen (secondary N) is 1. The van der Waals surface area contributed by atoms with Crippen molar-refractivity contribution < 1.29 is 28.2 Å². The van der Waals surface area contributed by atoms with Gasteiger partial charge in [-0.15, -0.1) is 0 Å². The van der Waals surface area contributed by atoms with Crippen LogP contribution in [-0.4, -0.2) is 32.2 Å². The number of furan rings is 1. The third-order valence-corrected chi connectivity index (χ3v) is 3.29. The zero-order valence-electron chi connectivity index (χ0n) is 13.7. The Bertz CT molecular complexity index is 695. The lowest BCUT2D eigenvalue weighted by atomic mass is 10.2. The third-order valence-electron chi connectivity index (χ3n) is 3.29. The molecule has 1 heterocycles. The zero-order valence-corrected chi connectivity index (χ0v) is 13.7. The maximum absolute atomic E-state index is 12.1. The fraction of sp³-hybridized carbons (Fsp3) is 0.294. The van der Waals surface area contributed by atoms with Crippen molar-refractivity contribution in [3.63, 3.8) is 0 Å². The molecule has 1 aromatic carbocycles. The summed E-state index contributed by atoms with van der Waals surface area (Å²) in [6.07, 6.45) is 0.572. The number of amides is 1. The van der Waals surface area contributed by atoms with E-state index >= 15 is 0 Å². The number of esters is 1. The molecule has 7 heteroatoms. The fourth-order valence-electron chi connectivity index (χ4n) is 1.98. The van der Waals surface area contributed by atoms with Crippen molar-refractivity contribution in [1.82, 2.24) is 5.32 Å². The smallest absolute Gasteiger partial charge is 0.339 e. The first-order chi connectivity index (χ1) is 11.5. The van der Waals surface area contributed by atoms with Crippen LogP contribution in [-0.2, 0) is 16.1 Å². The molecule has 1 N–H and O–H groups in total. The van der Waals surface area contributed by atoms with E-state index in [0.717, 1.165) is 0 Å². The van der Waals surface area contributed by atoms with Gasteiger partial charge in [0, 0.05) is 0 Å². The highest BCUT2D eigenvalue weighted by Crippen LogP contribution is 2.27. The highest BCUT2D eigenvalue weighted by atomic mass is 16.5. The lowest BCUT2D eigenvalue weighted by Crippen LogP contribution is -2.35. The first kappa shape index (κ1) is 17.4. The Kier molecular flexibility index (Phi) is 5.83. The molecule has 128 valence electrons. The molecule has 2 rings (SSSR count). The molecule has 0 spiro atoms. The van der Waals surface area contributed by atoms with Crippen molar-refractivity contribution in [2.75, 3.05) is 14.2 Å². The predicted molar refractivity (Wildman–Crippen MR) is 85.0 cm³/mol. The molecule has 0 aliphatic carbocycles. The van der Waals surface area contributed by atoms with E-state index in [4.69, 9.17) is 18.6 Å². The summed E-state index contributed by atoms with van der Waals surface area (Å²) in [5, 5.41) is 2.63. The molecule has 0 bridgehead atoms. The second-order valence-corrected chi connectivity index (χ2v) is 4.91. The van der Waals surface area contributed by atoms with Gasteiger partial charge < -0.3 is 23.9 Å². The Morgan fingerprint density at radius 3 is 2.54 bits per heavy atom. The standard InChI is InChI=1S/C17H19NO6/c1-11(16(19)18-10-13-5-4-8-23-13)24-17(20)12-6-7-14(21-2)15(9-12)22-3/h4-9,11H,10H2,1-3H3,(H,18,19). The number of hydrogen-bond acceptors (Lipinski definition) is 6. The zero-order chi connectivity index (χ0) is 17.5. The van der Waals surface area contributed by atoms with E-state index in [-0.39, 0.29) is 12.1 Å². The average Bonchev–Trinajstić information content (AvgIpc) is 3.12. The van der Waals surface area contributed by atoms with E-state index in [1.165, 1.54) is 39.5 Å². The Hall–Kier alpha value is -2.96. The Labute approximate surface area is 139 Å². The Balaban J connectivity index is 1.94. The predicted octanol–water partition coefficient (Wildman–Crippen LogP) is 2.16. The molecule has 7 nitrogen and oxygen atoms in total. The molecular weight excluding hydrogens is 314 g/mol. The van der Waals surface area contributed by atoms with Crippen LogP contribution in [0.1, 0.15) is 23.0 Å². The number of hydrogen-bond donors (Lipinski definition) is 1. The highest BCUT2D eigenvalue weighted by molar-refractivity contribution is 5.92. The van der Waals surface area contributed by atoms with Gasteiger partial charge in [-0.3, -0.25) is 4.79 Å². The SMILES string of the molecule is COc1ccc(C(=O)OC(C)C(=O)NCc2ccco2)cc1OC. The van der Waals surface area contributed by atoms with Crippen LogP contribution in [0.2, 0.25) is 0 Å². The topological polar surface area (TPSA) is 87.0 Å². The van der Waals surface area contributed by atoms with Crippen LogP contribution >= 0.6 is 0 Å². The fourth-order valence-corrected chi connectivity index (χ4v) is 1.98. The number of benzene rings is 1. The van der Waals surface area contributed by atoms with E-state index in [1.54, 1.807) is 18.2 Å². The van der Waals surface area contributed by atoms with E-state index in [2.05, 4.69) is 5.32 Å². The van der Waals surface area contributed by atoms with E-state index in [0.29, 0.717) is 17.3 Å². The molecule has 0 aliphatic heterocycles. The molecule has 1 unspecified atom stereocenters. The van der Waals surface area contributed by atoms with E-state index < -0.39 is 18.0 Å². The summed E-state index contributed by atoms with van der Waals surface area (Å²) < 4.78 is 20.5. The molecule has 1 aromatic heterocycles. The van der Waals surface area contributed by atoms with E-state index in [9.17, 15) is 9.59 Å². The summed E-state index contributed by atoms with van der Waals surface area (Å²) in [4.78, 5) is 24.1. The van der Waals surface area contributed by atoms with Crippen molar-refractivity contribution in [3.05, 3.63) is 47.9 Å². The molecule has 1 amide bonds. The van der Waals surface area contributed by atoms with Gasteiger partial charge in [-0.2, -0.15) is 0 Å². The van der Waals surface area contributed by atoms with Gasteiger partial charge in [0.05, 0.1) is 32.6 Å². The average molecular weight is 333 g/mol. The number of ether oxygens (including phenoxy) is 3. The van der Waals surface area contributed by atoms with Crippen molar-refractivity contribution in [2.24, 2.45) is 0 Å². The van der Waals surface area contributed by atoms with Gasteiger partial charge in [-0.05, 0) is 37.3 Å². The summed E-state index contributed by atoms with van der Waals surface area (Å²) in [5.74, 6) is 0.471. The molecule has 0 aliphatic rings. The van der Waals surface area contributed by atoms with Crippen LogP contribution in [0, 0.1) is 0 Å². The number of carbonyl (C=O) groups excluding carboxylic acids is 2. The summed E-state index contributed by atoms with van der Waals surface area (Å²) in [7, 11) is 2.97. The summed E-state index contributed by atoms with van der Waals surface area (Å²) >= 11 is 0. The third kappa shape index (κ3) is 4.28. The minimum absolute atomic E-state index is 0.226. The number of carbonyl (C=O) groups is 2. The molecular formula is C17H19NO6. The van der Waals surface area contributed by atoms with Gasteiger partial charge in [-0.1, -0.05) is 0 Å². The first-order valence-corrected chi connectivity index (χ1v) is 7.28. The van der Waals surface area contributed by atoms with Crippen LogP contribution in [0.25, 0.3) is 0 Å². The highest BCUT2D eigenvalue weighted by Gasteiger charge is 2.20. The van der Waals surface area contributed by atoms with Crippen molar-refractivity contribution in [1.29, 1.82) is 0 Å². The lowest BCUT2D eigenvalue weighted by Gasteiger charge is -2.14. The lowest BCUT2D eigenvalue weighted by molar-refractivity contribution is -0.129. The van der Waals surface area contributed by atoms with Gasteiger partial charge in [0.2, 0.25) is 0 Å². The Morgan fingerprint density at radius 1 is 1.17 bits per heavy atom. The minimum atomic E-state index is -0.944. The first-order valence-electron chi connectivity index (χ1n) is 7.28. The number of rotatable bonds is 7. The maximum atomic E-state index is 12.1. The van der Waals surface area contributed by atoms with Crippen LogP contribution in [0.3, 0.4) is 0 Å². The summed E-state index contributed by atoms with van der Waals surface area (Å²) in [5.41, 5.74) is 0.262. The summed E-state index contributed by atoms with van der Waals surface area (Å²) in [6, 6.07) is 8.09. The van der Waals surface area contributed by atoms with Gasteiger partial charge in [-0.25, -0.2) is 4.79 Å². The van der Waals surface area contributed by atoms with Crippen LogP contribution in [0.15, 0.2) is 41.0 Å². The molecule has 24 heavy (non-hydrogen) atoms. The van der Waals surface area contributed by atoms with Crippen LogP contribution in [0.4, 0.5) is 0 Å². The monoisotopic (exact) mass is 333 g/mol. The van der Waals surface area contributed by atoms with Crippen molar-refractivity contribution in [2.45, 2.75) is 19.6 Å². The van der Waals surface area contributed by atoms with Crippen LogP contribution < -0.4 is 14.8 Å². The van der Waals surface area contributed by atoms with Gasteiger partial charge in [0.15, 0.2) is 17.6 Å². The molecule has 0 saturated carbocycles. The quantitative estimate of drug-likeness (QED) is 0.781. The molecule has 0 radical (unpaired) electrons. The molecule has 1 atom stereocenters. The van der Waals surface area contributed by atoms with Crippen molar-refractivity contribution in [3.8, 4) is 11.5 Å². The molecule has 0 fully saturated rings. The van der Waals surface area contributed by atoms with Gasteiger partial charge in [0.1, 0.15) is 5.76 Å². The van der Waals surface area contributed by atoms with Gasteiger partial charge in [0.25, 0.3) is 5.91 Å². The summed E-state index contributed by atoms with van der Waals surface area (Å²) in [6.45, 7) is 1.72.